The molecule has 180 valence electrons. The Kier molecular flexibility index (Phi) is 7.54. The van der Waals surface area contributed by atoms with Gasteiger partial charge in [0.15, 0.2) is 4.80 Å². The Morgan fingerprint density at radius 1 is 1.29 bits per heavy atom. The number of nitrogens with one attached hydrogen (secondary N) is 1. The van der Waals surface area contributed by atoms with Gasteiger partial charge in [0.1, 0.15) is 10.8 Å². The lowest BCUT2D eigenvalue weighted by molar-refractivity contribution is -0.115. The molecule has 0 bridgehead atoms. The van der Waals surface area contributed by atoms with E-state index in [4.69, 9.17) is 4.74 Å². The highest BCUT2D eigenvalue weighted by atomic mass is 32.2. The zero-order valence-corrected chi connectivity index (χ0v) is 21.4. The molecule has 2 heterocycles. The lowest BCUT2D eigenvalue weighted by atomic mass is 9.88. The highest BCUT2D eigenvalue weighted by Crippen LogP contribution is 2.40. The van der Waals surface area contributed by atoms with Crippen molar-refractivity contribution in [2.24, 2.45) is 18.0 Å². The average molecular weight is 522 g/mol. The van der Waals surface area contributed by atoms with Crippen molar-refractivity contribution in [3.8, 4) is 0 Å². The van der Waals surface area contributed by atoms with Crippen LogP contribution in [-0.2, 0) is 34.2 Å². The molecule has 1 aromatic carbocycles. The van der Waals surface area contributed by atoms with Crippen molar-refractivity contribution in [3.63, 3.8) is 0 Å². The number of anilines is 1. The van der Waals surface area contributed by atoms with E-state index in [1.165, 1.54) is 41.9 Å². The summed E-state index contributed by atoms with van der Waals surface area (Å²) in [5.74, 6) is -0.852. The summed E-state index contributed by atoms with van der Waals surface area (Å²) in [6, 6.07) is 4.43. The van der Waals surface area contributed by atoms with Crippen molar-refractivity contribution in [1.29, 1.82) is 0 Å². The van der Waals surface area contributed by atoms with Crippen molar-refractivity contribution in [1.82, 2.24) is 4.57 Å². The Balaban J connectivity index is 1.39. The molecule has 0 saturated heterocycles. The second kappa shape index (κ2) is 10.4. The van der Waals surface area contributed by atoms with Gasteiger partial charge in [0.25, 0.3) is 5.91 Å². The van der Waals surface area contributed by atoms with Gasteiger partial charge in [-0.15, -0.1) is 23.1 Å². The molecule has 2 amide bonds. The van der Waals surface area contributed by atoms with Gasteiger partial charge < -0.3 is 14.6 Å². The number of fused-ring (bicyclic) bond motifs is 2. The molecule has 2 aromatic heterocycles. The topological polar surface area (TPSA) is 89.8 Å². The molecule has 1 atom stereocenters. The number of ether oxygens (including phenoxy) is 1. The number of thioether (sulfide) groups is 1. The number of benzene rings is 1. The number of thiazole rings is 1. The number of methoxy groups -OCH3 is 1. The zero-order valence-electron chi connectivity index (χ0n) is 19.0. The van der Waals surface area contributed by atoms with E-state index in [0.29, 0.717) is 26.0 Å². The fourth-order valence-corrected chi connectivity index (χ4v) is 6.98. The predicted octanol–water partition coefficient (Wildman–Crippen LogP) is 4.15. The number of aromatic nitrogens is 1. The SMILES string of the molecule is COC(=O)c1c(NC(=O)CSCC(=O)N=c2sc3cc(F)ccc3n2C)sc2c1CCC(C)C2. The highest BCUT2D eigenvalue weighted by molar-refractivity contribution is 8.00. The van der Waals surface area contributed by atoms with Gasteiger partial charge >= 0.3 is 5.97 Å². The molecule has 4 rings (SSSR count). The second-order valence-corrected chi connectivity index (χ2v) is 11.2. The third kappa shape index (κ3) is 5.26. The van der Waals surface area contributed by atoms with Crippen LogP contribution in [0.1, 0.15) is 34.1 Å². The molecule has 1 unspecified atom stereocenters. The molecule has 11 heteroatoms. The standard InChI is InChI=1S/C23H24FN3O4S3/c1-12-4-6-14-16(8-12)33-21(20(14)22(30)31-3)25-18(28)10-32-11-19(29)26-23-27(2)15-7-5-13(24)9-17(15)34-23/h5,7,9,12H,4,6,8,10-11H2,1-3H3,(H,25,28). The molecular weight excluding hydrogens is 497 g/mol. The van der Waals surface area contributed by atoms with Crippen LogP contribution < -0.4 is 10.1 Å². The molecule has 1 aliphatic carbocycles. The highest BCUT2D eigenvalue weighted by Gasteiger charge is 2.28. The fraction of sp³-hybridized carbons (Fsp3) is 0.391. The Hall–Kier alpha value is -2.50. The Bertz CT molecular complexity index is 1340. The summed E-state index contributed by atoms with van der Waals surface area (Å²) in [7, 11) is 3.10. The number of hydrogen-bond acceptors (Lipinski definition) is 7. The summed E-state index contributed by atoms with van der Waals surface area (Å²) in [4.78, 5) is 42.9. The predicted molar refractivity (Wildman–Crippen MR) is 134 cm³/mol. The van der Waals surface area contributed by atoms with Gasteiger partial charge in [0.05, 0.1) is 34.4 Å². The van der Waals surface area contributed by atoms with Crippen LogP contribution in [0.5, 0.6) is 0 Å². The van der Waals surface area contributed by atoms with Gasteiger partial charge in [0, 0.05) is 11.9 Å². The molecule has 0 aliphatic heterocycles. The minimum Gasteiger partial charge on any atom is -0.465 e. The molecular formula is C23H24FN3O4S3. The summed E-state index contributed by atoms with van der Waals surface area (Å²) in [5, 5.41) is 3.34. The van der Waals surface area contributed by atoms with Crippen LogP contribution in [0, 0.1) is 11.7 Å². The van der Waals surface area contributed by atoms with Gasteiger partial charge in [-0.3, -0.25) is 9.59 Å². The van der Waals surface area contributed by atoms with Crippen LogP contribution >= 0.6 is 34.4 Å². The summed E-state index contributed by atoms with van der Waals surface area (Å²) in [5.41, 5.74) is 2.22. The number of amides is 2. The van der Waals surface area contributed by atoms with Crippen LogP contribution in [0.3, 0.4) is 0 Å². The van der Waals surface area contributed by atoms with Gasteiger partial charge in [-0.05, 0) is 48.9 Å². The Labute approximate surface area is 208 Å². The summed E-state index contributed by atoms with van der Waals surface area (Å²) < 4.78 is 20.8. The van der Waals surface area contributed by atoms with Crippen LogP contribution in [0.25, 0.3) is 10.2 Å². The number of rotatable bonds is 6. The first-order valence-corrected chi connectivity index (χ1v) is 13.5. The fourth-order valence-electron chi connectivity index (χ4n) is 3.90. The molecule has 0 fully saturated rings. The summed E-state index contributed by atoms with van der Waals surface area (Å²) in [6.07, 6.45) is 2.67. The number of carbonyl (C=O) groups excluding carboxylic acids is 3. The average Bonchev–Trinajstić information content (AvgIpc) is 3.29. The number of carbonyl (C=O) groups is 3. The first kappa shape index (κ1) is 24.6. The van der Waals surface area contributed by atoms with Crippen molar-refractivity contribution >= 4 is 67.4 Å². The number of hydrogen-bond donors (Lipinski definition) is 1. The third-order valence-corrected chi connectivity index (χ3v) is 8.79. The molecule has 0 radical (unpaired) electrons. The normalized spacial score (nSPS) is 15.9. The van der Waals surface area contributed by atoms with Crippen molar-refractivity contribution in [3.05, 3.63) is 44.8 Å². The number of esters is 1. The van der Waals surface area contributed by atoms with E-state index in [1.807, 2.05) is 0 Å². The minimum absolute atomic E-state index is 0.0261. The quantitative estimate of drug-likeness (QED) is 0.492. The largest absolute Gasteiger partial charge is 0.465 e. The number of nitrogens with zero attached hydrogens (tertiary/aromatic N) is 2. The zero-order chi connectivity index (χ0) is 24.4. The maximum absolute atomic E-state index is 13.4. The monoisotopic (exact) mass is 521 g/mol. The van der Waals surface area contributed by atoms with Crippen LogP contribution in [0.2, 0.25) is 0 Å². The van der Waals surface area contributed by atoms with Gasteiger partial charge in [-0.2, -0.15) is 4.99 Å². The molecule has 3 aromatic rings. The Morgan fingerprint density at radius 2 is 2.09 bits per heavy atom. The first-order chi connectivity index (χ1) is 16.3. The van der Waals surface area contributed by atoms with Crippen molar-refractivity contribution in [2.75, 3.05) is 23.9 Å². The van der Waals surface area contributed by atoms with Crippen molar-refractivity contribution < 1.29 is 23.5 Å². The lowest BCUT2D eigenvalue weighted by Gasteiger charge is -2.18. The van der Waals surface area contributed by atoms with E-state index in [1.54, 1.807) is 17.7 Å². The van der Waals surface area contributed by atoms with Crippen LogP contribution in [-0.4, -0.2) is 41.0 Å². The molecule has 1 aliphatic rings. The minimum atomic E-state index is -0.444. The maximum Gasteiger partial charge on any atom is 0.341 e. The molecule has 0 spiro atoms. The van der Waals surface area contributed by atoms with E-state index in [9.17, 15) is 18.8 Å². The molecule has 0 saturated carbocycles. The van der Waals surface area contributed by atoms with Crippen LogP contribution in [0.15, 0.2) is 23.2 Å². The lowest BCUT2D eigenvalue weighted by Crippen LogP contribution is -2.18. The number of aryl methyl sites for hydroxylation is 1. The Morgan fingerprint density at radius 3 is 2.85 bits per heavy atom. The summed E-state index contributed by atoms with van der Waals surface area (Å²) >= 11 is 3.81. The number of thiophene rings is 1. The maximum atomic E-state index is 13.4. The molecule has 34 heavy (non-hydrogen) atoms. The van der Waals surface area contributed by atoms with Gasteiger partial charge in [0.2, 0.25) is 5.91 Å². The third-order valence-electron chi connectivity index (χ3n) is 5.60. The smallest absolute Gasteiger partial charge is 0.341 e. The summed E-state index contributed by atoms with van der Waals surface area (Å²) in [6.45, 7) is 2.18. The van der Waals surface area contributed by atoms with E-state index in [0.717, 1.165) is 47.0 Å². The molecule has 7 nitrogen and oxygen atoms in total. The second-order valence-electron chi connectivity index (χ2n) is 8.15. The van der Waals surface area contributed by atoms with Crippen molar-refractivity contribution in [2.45, 2.75) is 26.2 Å². The van der Waals surface area contributed by atoms with E-state index in [2.05, 4.69) is 17.2 Å². The van der Waals surface area contributed by atoms with E-state index in [-0.39, 0.29) is 29.1 Å². The van der Waals surface area contributed by atoms with Gasteiger partial charge in [-0.25, -0.2) is 9.18 Å². The first-order valence-electron chi connectivity index (χ1n) is 10.7. The molecule has 1 N–H and O–H groups in total. The van der Waals surface area contributed by atoms with Gasteiger partial charge in [-0.1, -0.05) is 18.3 Å². The number of halogens is 1. The van der Waals surface area contributed by atoms with E-state index < -0.39 is 5.97 Å². The van der Waals surface area contributed by atoms with E-state index >= 15 is 0 Å². The van der Waals surface area contributed by atoms with Crippen LogP contribution in [0.4, 0.5) is 9.39 Å².